The maximum atomic E-state index is 13.0. The molecule has 2 atom stereocenters. The van der Waals surface area contributed by atoms with Crippen LogP contribution in [0.25, 0.3) is 5.76 Å². The summed E-state index contributed by atoms with van der Waals surface area (Å²) in [5.74, 6) is -0.624. The number of aliphatic hydroxyl groups excluding tert-OH is 1. The molecule has 156 valence electrons. The number of Topliss-reactive ketones (excluding diaryl/α,β-unsaturated/α-hetero) is 1. The van der Waals surface area contributed by atoms with Crippen LogP contribution in [-0.2, 0) is 20.7 Å². The van der Waals surface area contributed by atoms with Gasteiger partial charge in [-0.05, 0) is 42.7 Å². The van der Waals surface area contributed by atoms with Crippen molar-refractivity contribution in [1.82, 2.24) is 4.90 Å². The van der Waals surface area contributed by atoms with Gasteiger partial charge in [0.1, 0.15) is 17.6 Å². The summed E-state index contributed by atoms with van der Waals surface area (Å²) in [4.78, 5) is 27.3. The molecule has 2 aliphatic rings. The first-order valence-electron chi connectivity index (χ1n) is 10.1. The number of carbonyl (C=O) groups is 2. The summed E-state index contributed by atoms with van der Waals surface area (Å²) >= 11 is 0. The standard InChI is InChI=1S/C24H25NO5/c1-15-13-18-14-17(9-10-19(18)30-15)22(26)20-21(16-7-4-3-5-8-16)25(11-6-12-29-2)24(28)23(20)27/h3-5,7-10,14-15,21,26H,6,11-13H2,1-2H3/t15-,21+/m1/s1. The number of nitrogens with zero attached hydrogens (tertiary/aromatic N) is 1. The smallest absolute Gasteiger partial charge is 0.295 e. The van der Waals surface area contributed by atoms with Crippen molar-refractivity contribution in [2.45, 2.75) is 31.9 Å². The number of carbonyl (C=O) groups excluding carboxylic acids is 2. The van der Waals surface area contributed by atoms with Gasteiger partial charge in [-0.1, -0.05) is 30.3 Å². The largest absolute Gasteiger partial charge is 0.507 e. The van der Waals surface area contributed by atoms with Crippen molar-refractivity contribution < 1.29 is 24.2 Å². The van der Waals surface area contributed by atoms with Crippen LogP contribution in [0.2, 0.25) is 0 Å². The van der Waals surface area contributed by atoms with Gasteiger partial charge in [-0.15, -0.1) is 0 Å². The summed E-state index contributed by atoms with van der Waals surface area (Å²) in [5.41, 5.74) is 2.41. The molecule has 6 nitrogen and oxygen atoms in total. The minimum absolute atomic E-state index is 0.0769. The Hall–Kier alpha value is -3.12. The Bertz CT molecular complexity index is 998. The van der Waals surface area contributed by atoms with E-state index in [1.165, 1.54) is 4.90 Å². The third kappa shape index (κ3) is 3.59. The van der Waals surface area contributed by atoms with Crippen molar-refractivity contribution >= 4 is 17.4 Å². The average Bonchev–Trinajstić information content (AvgIpc) is 3.25. The molecule has 0 radical (unpaired) electrons. The molecule has 2 aromatic rings. The molecule has 0 aliphatic carbocycles. The fraction of sp³-hybridized carbons (Fsp3) is 0.333. The zero-order valence-electron chi connectivity index (χ0n) is 17.1. The number of methoxy groups -OCH3 is 1. The predicted octanol–water partition coefficient (Wildman–Crippen LogP) is 3.47. The van der Waals surface area contributed by atoms with Crippen molar-refractivity contribution in [2.75, 3.05) is 20.3 Å². The summed E-state index contributed by atoms with van der Waals surface area (Å²) in [6, 6.07) is 14.1. The number of likely N-dealkylation sites (tertiary alicyclic amines) is 1. The summed E-state index contributed by atoms with van der Waals surface area (Å²) in [7, 11) is 1.60. The SMILES string of the molecule is COCCCN1C(=O)C(=O)C(=C(O)c2ccc3c(c2)C[C@@H](C)O3)[C@@H]1c1ccccc1. The molecule has 0 spiro atoms. The molecule has 4 rings (SSSR count). The van der Waals surface area contributed by atoms with Crippen LogP contribution in [0.15, 0.2) is 54.1 Å². The van der Waals surface area contributed by atoms with Gasteiger partial charge in [-0.3, -0.25) is 9.59 Å². The second-order valence-corrected chi connectivity index (χ2v) is 7.70. The zero-order chi connectivity index (χ0) is 21.3. The molecule has 1 N–H and O–H groups in total. The molecule has 0 unspecified atom stereocenters. The number of fused-ring (bicyclic) bond motifs is 1. The Morgan fingerprint density at radius 3 is 2.70 bits per heavy atom. The van der Waals surface area contributed by atoms with Crippen LogP contribution in [0.5, 0.6) is 5.75 Å². The third-order valence-electron chi connectivity index (χ3n) is 5.57. The normalized spacial score (nSPS) is 22.3. The Balaban J connectivity index is 1.78. The molecule has 1 fully saturated rings. The van der Waals surface area contributed by atoms with E-state index in [0.29, 0.717) is 25.1 Å². The molecule has 0 aromatic heterocycles. The fourth-order valence-electron chi connectivity index (χ4n) is 4.20. The summed E-state index contributed by atoms with van der Waals surface area (Å²) < 4.78 is 10.8. The Morgan fingerprint density at radius 2 is 1.97 bits per heavy atom. The Kier molecular flexibility index (Phi) is 5.59. The van der Waals surface area contributed by atoms with Gasteiger partial charge in [0.05, 0.1) is 11.6 Å². The van der Waals surface area contributed by atoms with Gasteiger partial charge in [0.25, 0.3) is 11.7 Å². The van der Waals surface area contributed by atoms with E-state index in [9.17, 15) is 14.7 Å². The van der Waals surface area contributed by atoms with Crippen molar-refractivity contribution in [2.24, 2.45) is 0 Å². The number of benzene rings is 2. The first-order chi connectivity index (χ1) is 14.5. The highest BCUT2D eigenvalue weighted by atomic mass is 16.5. The molecule has 2 aliphatic heterocycles. The van der Waals surface area contributed by atoms with Crippen LogP contribution in [-0.4, -0.2) is 48.1 Å². The highest BCUT2D eigenvalue weighted by Crippen LogP contribution is 2.40. The van der Waals surface area contributed by atoms with E-state index < -0.39 is 17.7 Å². The zero-order valence-corrected chi connectivity index (χ0v) is 17.1. The average molecular weight is 407 g/mol. The first kappa shape index (κ1) is 20.2. The maximum absolute atomic E-state index is 13.0. The van der Waals surface area contributed by atoms with Crippen LogP contribution >= 0.6 is 0 Å². The van der Waals surface area contributed by atoms with Gasteiger partial charge in [0.2, 0.25) is 0 Å². The van der Waals surface area contributed by atoms with Gasteiger partial charge in [0.15, 0.2) is 0 Å². The van der Waals surface area contributed by atoms with Gasteiger partial charge in [0, 0.05) is 32.2 Å². The summed E-state index contributed by atoms with van der Waals surface area (Å²) in [6.07, 6.45) is 1.42. The number of aliphatic hydroxyl groups is 1. The molecule has 6 heteroatoms. The Morgan fingerprint density at radius 1 is 1.20 bits per heavy atom. The number of ketones is 1. The van der Waals surface area contributed by atoms with Gasteiger partial charge in [-0.25, -0.2) is 0 Å². The topological polar surface area (TPSA) is 76.1 Å². The van der Waals surface area contributed by atoms with E-state index in [-0.39, 0.29) is 17.4 Å². The number of ether oxygens (including phenoxy) is 2. The number of hydrogen-bond donors (Lipinski definition) is 1. The van der Waals surface area contributed by atoms with E-state index >= 15 is 0 Å². The fourth-order valence-corrected chi connectivity index (χ4v) is 4.20. The lowest BCUT2D eigenvalue weighted by molar-refractivity contribution is -0.140. The van der Waals surface area contributed by atoms with Crippen molar-refractivity contribution in [3.8, 4) is 5.75 Å². The molecule has 2 heterocycles. The van der Waals surface area contributed by atoms with Crippen LogP contribution in [0.4, 0.5) is 0 Å². The van der Waals surface area contributed by atoms with Crippen LogP contribution in [0.1, 0.15) is 36.1 Å². The molecule has 30 heavy (non-hydrogen) atoms. The van der Waals surface area contributed by atoms with Gasteiger partial charge >= 0.3 is 0 Å². The van der Waals surface area contributed by atoms with Gasteiger partial charge < -0.3 is 19.5 Å². The first-order valence-corrected chi connectivity index (χ1v) is 10.1. The lowest BCUT2D eigenvalue weighted by Gasteiger charge is -2.25. The summed E-state index contributed by atoms with van der Waals surface area (Å²) in [6.45, 7) is 2.83. The van der Waals surface area contributed by atoms with E-state index in [0.717, 1.165) is 23.3 Å². The number of amides is 1. The highest BCUT2D eigenvalue weighted by molar-refractivity contribution is 6.46. The van der Waals surface area contributed by atoms with E-state index in [1.807, 2.05) is 43.3 Å². The monoisotopic (exact) mass is 407 g/mol. The second kappa shape index (κ2) is 8.32. The van der Waals surface area contributed by atoms with Crippen LogP contribution < -0.4 is 4.74 Å². The molecular weight excluding hydrogens is 382 g/mol. The predicted molar refractivity (Wildman–Crippen MR) is 112 cm³/mol. The minimum Gasteiger partial charge on any atom is -0.507 e. The molecule has 0 bridgehead atoms. The molecular formula is C24H25NO5. The van der Waals surface area contributed by atoms with E-state index in [1.54, 1.807) is 19.2 Å². The van der Waals surface area contributed by atoms with Crippen LogP contribution in [0.3, 0.4) is 0 Å². The quantitative estimate of drug-likeness (QED) is 0.343. The molecule has 1 saturated heterocycles. The van der Waals surface area contributed by atoms with E-state index in [2.05, 4.69) is 0 Å². The molecule has 1 amide bonds. The van der Waals surface area contributed by atoms with E-state index in [4.69, 9.17) is 9.47 Å². The second-order valence-electron chi connectivity index (χ2n) is 7.70. The number of hydrogen-bond acceptors (Lipinski definition) is 5. The summed E-state index contributed by atoms with van der Waals surface area (Å²) in [5, 5.41) is 11.1. The third-order valence-corrected chi connectivity index (χ3v) is 5.57. The van der Waals surface area contributed by atoms with Crippen LogP contribution in [0, 0.1) is 0 Å². The highest BCUT2D eigenvalue weighted by Gasteiger charge is 2.45. The Labute approximate surface area is 175 Å². The van der Waals surface area contributed by atoms with Crippen molar-refractivity contribution in [3.63, 3.8) is 0 Å². The lowest BCUT2D eigenvalue weighted by atomic mass is 9.94. The van der Waals surface area contributed by atoms with Crippen molar-refractivity contribution in [1.29, 1.82) is 0 Å². The van der Waals surface area contributed by atoms with Crippen molar-refractivity contribution in [3.05, 3.63) is 70.8 Å². The molecule has 0 saturated carbocycles. The van der Waals surface area contributed by atoms with Gasteiger partial charge in [-0.2, -0.15) is 0 Å². The minimum atomic E-state index is -0.663. The number of rotatable bonds is 6. The molecule has 2 aromatic carbocycles. The lowest BCUT2D eigenvalue weighted by Crippen LogP contribution is -2.31. The maximum Gasteiger partial charge on any atom is 0.295 e.